The minimum atomic E-state index is -0.940. The Hall–Kier alpha value is -3.02. The number of carboxylic acids is 1. The molecular formula is C25H30O6. The first-order chi connectivity index (χ1) is 14.6. The van der Waals surface area contributed by atoms with E-state index in [9.17, 15) is 9.59 Å². The van der Waals surface area contributed by atoms with Crippen LogP contribution in [0, 0.1) is 20.8 Å². The van der Waals surface area contributed by atoms with Crippen LogP contribution in [0.2, 0.25) is 0 Å². The second-order valence-corrected chi connectivity index (χ2v) is 8.44. The number of carbonyl (C=O) groups excluding carboxylic acids is 1. The molecule has 1 atom stereocenters. The molecule has 0 bridgehead atoms. The smallest absolute Gasteiger partial charge is 0.335 e. The van der Waals surface area contributed by atoms with Gasteiger partial charge in [0, 0.05) is 18.9 Å². The van der Waals surface area contributed by atoms with Gasteiger partial charge in [0.2, 0.25) is 0 Å². The van der Waals surface area contributed by atoms with Gasteiger partial charge in [0.05, 0.1) is 12.2 Å². The average molecular weight is 427 g/mol. The Bertz CT molecular complexity index is 992. The maximum atomic E-state index is 11.1. The zero-order valence-corrected chi connectivity index (χ0v) is 18.8. The van der Waals surface area contributed by atoms with E-state index in [1.54, 1.807) is 24.3 Å². The Kier molecular flexibility index (Phi) is 6.58. The summed E-state index contributed by atoms with van der Waals surface area (Å²) in [7, 11) is 0. The Morgan fingerprint density at radius 1 is 1.10 bits per heavy atom. The fraction of sp³-hybridized carbons (Fsp3) is 0.440. The molecule has 1 unspecified atom stereocenters. The summed E-state index contributed by atoms with van der Waals surface area (Å²) in [4.78, 5) is 22.1. The molecule has 0 aromatic heterocycles. The Labute approximate surface area is 183 Å². The highest BCUT2D eigenvalue weighted by atomic mass is 16.5. The standard InChI is InChI=1S/C25H30O6/c1-15-16(2)23-21(10-11-25(5,31-23)12-13-29-18(4)26)17(3)22(15)30-14-19-6-8-20(9-7-19)24(27)28/h6-9H,10-14H2,1-5H3,(H,27,28). The van der Waals surface area contributed by atoms with Crippen LogP contribution >= 0.6 is 0 Å². The molecule has 3 rings (SSSR count). The van der Waals surface area contributed by atoms with E-state index in [2.05, 4.69) is 13.8 Å². The van der Waals surface area contributed by atoms with Crippen molar-refractivity contribution in [2.75, 3.05) is 6.61 Å². The molecule has 0 radical (unpaired) electrons. The lowest BCUT2D eigenvalue weighted by Gasteiger charge is -2.38. The second-order valence-electron chi connectivity index (χ2n) is 8.44. The molecule has 6 nitrogen and oxygen atoms in total. The molecule has 0 amide bonds. The third-order valence-corrected chi connectivity index (χ3v) is 6.08. The largest absolute Gasteiger partial charge is 0.488 e. The van der Waals surface area contributed by atoms with Gasteiger partial charge in [-0.2, -0.15) is 0 Å². The highest BCUT2D eigenvalue weighted by Gasteiger charge is 2.34. The van der Waals surface area contributed by atoms with Gasteiger partial charge in [0.15, 0.2) is 0 Å². The zero-order valence-electron chi connectivity index (χ0n) is 18.8. The van der Waals surface area contributed by atoms with Crippen molar-refractivity contribution in [3.63, 3.8) is 0 Å². The number of benzene rings is 2. The quantitative estimate of drug-likeness (QED) is 0.633. The lowest BCUT2D eigenvalue weighted by molar-refractivity contribution is -0.142. The number of carbonyl (C=O) groups is 2. The van der Waals surface area contributed by atoms with Crippen LogP contribution in [0.15, 0.2) is 24.3 Å². The minimum Gasteiger partial charge on any atom is -0.488 e. The number of ether oxygens (including phenoxy) is 3. The molecule has 0 fully saturated rings. The molecule has 166 valence electrons. The van der Waals surface area contributed by atoms with Gasteiger partial charge in [-0.1, -0.05) is 12.1 Å². The van der Waals surface area contributed by atoms with Gasteiger partial charge in [-0.05, 0) is 74.9 Å². The molecule has 0 saturated carbocycles. The number of carboxylic acid groups (broad SMARTS) is 1. The van der Waals surface area contributed by atoms with Crippen molar-refractivity contribution in [3.05, 3.63) is 57.6 Å². The van der Waals surface area contributed by atoms with Crippen LogP contribution < -0.4 is 9.47 Å². The summed E-state index contributed by atoms with van der Waals surface area (Å²) in [5.74, 6) is 0.543. The first kappa shape index (κ1) is 22.7. The van der Waals surface area contributed by atoms with E-state index < -0.39 is 5.97 Å². The summed E-state index contributed by atoms with van der Waals surface area (Å²) >= 11 is 0. The van der Waals surface area contributed by atoms with Crippen molar-refractivity contribution in [2.45, 2.75) is 66.1 Å². The van der Waals surface area contributed by atoms with Crippen LogP contribution in [-0.2, 0) is 22.6 Å². The van der Waals surface area contributed by atoms with E-state index in [-0.39, 0.29) is 17.1 Å². The van der Waals surface area contributed by atoms with Gasteiger partial charge in [-0.15, -0.1) is 0 Å². The van der Waals surface area contributed by atoms with Gasteiger partial charge < -0.3 is 19.3 Å². The van der Waals surface area contributed by atoms with Crippen LogP contribution in [0.25, 0.3) is 0 Å². The molecular weight excluding hydrogens is 396 g/mol. The lowest BCUT2D eigenvalue weighted by Crippen LogP contribution is -2.38. The van der Waals surface area contributed by atoms with Crippen molar-refractivity contribution in [3.8, 4) is 11.5 Å². The van der Waals surface area contributed by atoms with Crippen LogP contribution in [-0.4, -0.2) is 29.3 Å². The van der Waals surface area contributed by atoms with E-state index >= 15 is 0 Å². The molecule has 31 heavy (non-hydrogen) atoms. The number of rotatable bonds is 7. The first-order valence-corrected chi connectivity index (χ1v) is 10.5. The molecule has 0 spiro atoms. The van der Waals surface area contributed by atoms with Crippen molar-refractivity contribution < 1.29 is 28.9 Å². The fourth-order valence-corrected chi connectivity index (χ4v) is 3.98. The summed E-state index contributed by atoms with van der Waals surface area (Å²) in [5, 5.41) is 9.04. The molecule has 2 aromatic carbocycles. The maximum absolute atomic E-state index is 11.1. The third kappa shape index (κ3) is 5.01. The van der Waals surface area contributed by atoms with Gasteiger partial charge in [-0.25, -0.2) is 4.79 Å². The average Bonchev–Trinajstić information content (AvgIpc) is 2.72. The lowest BCUT2D eigenvalue weighted by atomic mass is 9.86. The van der Waals surface area contributed by atoms with Gasteiger partial charge >= 0.3 is 11.9 Å². The molecule has 0 aliphatic carbocycles. The van der Waals surface area contributed by atoms with E-state index in [1.165, 1.54) is 6.92 Å². The van der Waals surface area contributed by atoms with Crippen LogP contribution in [0.3, 0.4) is 0 Å². The summed E-state index contributed by atoms with van der Waals surface area (Å²) < 4.78 is 17.7. The predicted octanol–water partition coefficient (Wildman–Crippen LogP) is 4.93. The Morgan fingerprint density at radius 3 is 2.39 bits per heavy atom. The normalized spacial score (nSPS) is 17.5. The van der Waals surface area contributed by atoms with Crippen molar-refractivity contribution in [1.82, 2.24) is 0 Å². The first-order valence-electron chi connectivity index (χ1n) is 10.5. The molecule has 1 aliphatic heterocycles. The molecule has 6 heteroatoms. The molecule has 1 N–H and O–H groups in total. The molecule has 1 heterocycles. The Balaban J connectivity index is 1.79. The third-order valence-electron chi connectivity index (χ3n) is 6.08. The predicted molar refractivity (Wildman–Crippen MR) is 117 cm³/mol. The highest BCUT2D eigenvalue weighted by molar-refractivity contribution is 5.87. The van der Waals surface area contributed by atoms with Crippen LogP contribution in [0.4, 0.5) is 0 Å². The summed E-state index contributed by atoms with van der Waals surface area (Å²) in [6.07, 6.45) is 2.34. The number of hydrogen-bond donors (Lipinski definition) is 1. The minimum absolute atomic E-state index is 0.259. The summed E-state index contributed by atoms with van der Waals surface area (Å²) in [6.45, 7) is 10.3. The number of fused-ring (bicyclic) bond motifs is 1. The summed E-state index contributed by atoms with van der Waals surface area (Å²) in [5.41, 5.74) is 5.10. The summed E-state index contributed by atoms with van der Waals surface area (Å²) in [6, 6.07) is 6.72. The fourth-order valence-electron chi connectivity index (χ4n) is 3.98. The number of esters is 1. The Morgan fingerprint density at radius 2 is 1.77 bits per heavy atom. The van der Waals surface area contributed by atoms with Crippen LogP contribution in [0.1, 0.15) is 64.9 Å². The van der Waals surface area contributed by atoms with Crippen LogP contribution in [0.5, 0.6) is 11.5 Å². The van der Waals surface area contributed by atoms with Crippen molar-refractivity contribution >= 4 is 11.9 Å². The SMILES string of the molecule is CC(=O)OCCC1(C)CCc2c(C)c(OCc3ccc(C(=O)O)cc3)c(C)c(C)c2O1. The van der Waals surface area contributed by atoms with E-state index in [0.29, 0.717) is 19.6 Å². The maximum Gasteiger partial charge on any atom is 0.335 e. The van der Waals surface area contributed by atoms with E-state index in [0.717, 1.165) is 52.2 Å². The van der Waals surface area contributed by atoms with Gasteiger partial charge in [0.1, 0.15) is 23.7 Å². The van der Waals surface area contributed by atoms with Gasteiger partial charge in [-0.3, -0.25) is 4.79 Å². The van der Waals surface area contributed by atoms with Crippen molar-refractivity contribution in [1.29, 1.82) is 0 Å². The highest BCUT2D eigenvalue weighted by Crippen LogP contribution is 2.44. The van der Waals surface area contributed by atoms with Gasteiger partial charge in [0.25, 0.3) is 0 Å². The molecule has 2 aromatic rings. The second kappa shape index (κ2) is 9.00. The van der Waals surface area contributed by atoms with E-state index in [1.807, 2.05) is 13.8 Å². The van der Waals surface area contributed by atoms with E-state index in [4.69, 9.17) is 19.3 Å². The molecule has 1 aliphatic rings. The number of hydrogen-bond acceptors (Lipinski definition) is 5. The topological polar surface area (TPSA) is 82.1 Å². The molecule has 0 saturated heterocycles. The monoisotopic (exact) mass is 426 g/mol. The number of aromatic carboxylic acids is 1. The van der Waals surface area contributed by atoms with Crippen molar-refractivity contribution in [2.24, 2.45) is 0 Å². The zero-order chi connectivity index (χ0) is 22.8.